The normalized spacial score (nSPS) is 11.7. The number of carbonyl (C=O) groups is 1. The van der Waals surface area contributed by atoms with Crippen LogP contribution >= 0.6 is 0 Å². The van der Waals surface area contributed by atoms with E-state index in [1.165, 1.54) is 11.1 Å². The molecule has 3 aromatic rings. The van der Waals surface area contributed by atoms with Gasteiger partial charge >= 0.3 is 5.97 Å². The van der Waals surface area contributed by atoms with Crippen molar-refractivity contribution in [1.29, 1.82) is 0 Å². The molecule has 3 aromatic carbocycles. The van der Waals surface area contributed by atoms with Crippen LogP contribution in [0.2, 0.25) is 0 Å². The predicted octanol–water partition coefficient (Wildman–Crippen LogP) is 5.09. The van der Waals surface area contributed by atoms with Crippen molar-refractivity contribution in [3.8, 4) is 0 Å². The van der Waals surface area contributed by atoms with E-state index in [0.717, 1.165) is 19.3 Å². The highest BCUT2D eigenvalue weighted by atomic mass is 16.5. The van der Waals surface area contributed by atoms with Gasteiger partial charge < -0.3 is 4.74 Å². The summed E-state index contributed by atoms with van der Waals surface area (Å²) in [6, 6.07) is 29.7. The first-order valence-corrected chi connectivity index (χ1v) is 8.65. The first-order valence-electron chi connectivity index (χ1n) is 8.65. The molecule has 126 valence electrons. The van der Waals surface area contributed by atoms with Crippen molar-refractivity contribution < 1.29 is 9.53 Å². The standard InChI is InChI=1S/C23H22O2/c24-23(21-14-8-3-9-15-21)25-22(18-20-12-6-2-7-13-20)17-16-19-10-4-1-5-11-19/h1-15,22H,16-18H2. The van der Waals surface area contributed by atoms with E-state index in [9.17, 15) is 4.79 Å². The Morgan fingerprint density at radius 1 is 0.720 bits per heavy atom. The number of hydrogen-bond donors (Lipinski definition) is 0. The Balaban J connectivity index is 1.68. The summed E-state index contributed by atoms with van der Waals surface area (Å²) in [5.74, 6) is -0.255. The maximum absolute atomic E-state index is 12.4. The van der Waals surface area contributed by atoms with Crippen LogP contribution in [0.3, 0.4) is 0 Å². The minimum atomic E-state index is -0.255. The minimum Gasteiger partial charge on any atom is -0.458 e. The molecule has 0 amide bonds. The molecule has 0 saturated heterocycles. The summed E-state index contributed by atoms with van der Waals surface area (Å²) >= 11 is 0. The minimum absolute atomic E-state index is 0.143. The van der Waals surface area contributed by atoms with E-state index in [1.807, 2.05) is 54.6 Å². The molecule has 0 heterocycles. The van der Waals surface area contributed by atoms with Gasteiger partial charge in [0.2, 0.25) is 0 Å². The molecule has 0 fully saturated rings. The van der Waals surface area contributed by atoms with E-state index < -0.39 is 0 Å². The van der Waals surface area contributed by atoms with Gasteiger partial charge in [-0.2, -0.15) is 0 Å². The van der Waals surface area contributed by atoms with Crippen LogP contribution in [-0.4, -0.2) is 12.1 Å². The SMILES string of the molecule is O=C(OC(CCc1ccccc1)Cc1ccccc1)c1ccccc1. The fourth-order valence-corrected chi connectivity index (χ4v) is 2.85. The zero-order chi connectivity index (χ0) is 17.3. The van der Waals surface area contributed by atoms with Gasteiger partial charge in [0.05, 0.1) is 5.56 Å². The van der Waals surface area contributed by atoms with Crippen LogP contribution in [-0.2, 0) is 17.6 Å². The van der Waals surface area contributed by atoms with E-state index in [2.05, 4.69) is 24.3 Å². The Hall–Kier alpha value is -2.87. The molecule has 0 aliphatic heterocycles. The van der Waals surface area contributed by atoms with Crippen LogP contribution in [0.25, 0.3) is 0 Å². The molecule has 3 rings (SSSR count). The van der Waals surface area contributed by atoms with E-state index >= 15 is 0 Å². The number of carbonyl (C=O) groups excluding carboxylic acids is 1. The van der Waals surface area contributed by atoms with Crippen molar-refractivity contribution in [2.75, 3.05) is 0 Å². The highest BCUT2D eigenvalue weighted by molar-refractivity contribution is 5.89. The molecular weight excluding hydrogens is 308 g/mol. The zero-order valence-corrected chi connectivity index (χ0v) is 14.2. The van der Waals surface area contributed by atoms with Gasteiger partial charge in [-0.3, -0.25) is 0 Å². The molecule has 0 spiro atoms. The molecule has 0 saturated carbocycles. The Morgan fingerprint density at radius 2 is 1.24 bits per heavy atom. The molecule has 0 N–H and O–H groups in total. The molecule has 1 unspecified atom stereocenters. The molecule has 0 radical (unpaired) electrons. The Morgan fingerprint density at radius 3 is 1.84 bits per heavy atom. The van der Waals surface area contributed by atoms with Gasteiger partial charge in [0.25, 0.3) is 0 Å². The van der Waals surface area contributed by atoms with Crippen LogP contribution in [0.1, 0.15) is 27.9 Å². The monoisotopic (exact) mass is 330 g/mol. The second kappa shape index (κ2) is 8.84. The third-order valence-corrected chi connectivity index (χ3v) is 4.19. The van der Waals surface area contributed by atoms with Gasteiger partial charge in [0.1, 0.15) is 6.10 Å². The molecule has 0 aliphatic carbocycles. The molecule has 0 aromatic heterocycles. The summed E-state index contributed by atoms with van der Waals surface area (Å²) in [6.45, 7) is 0. The zero-order valence-electron chi connectivity index (χ0n) is 14.2. The Kier molecular flexibility index (Phi) is 6.00. The third-order valence-electron chi connectivity index (χ3n) is 4.19. The fraction of sp³-hybridized carbons (Fsp3) is 0.174. The number of hydrogen-bond acceptors (Lipinski definition) is 2. The lowest BCUT2D eigenvalue weighted by Crippen LogP contribution is -2.21. The Labute approximate surface area is 149 Å². The first kappa shape index (κ1) is 17.0. The van der Waals surface area contributed by atoms with Gasteiger partial charge in [-0.05, 0) is 36.1 Å². The average Bonchev–Trinajstić information content (AvgIpc) is 2.68. The lowest BCUT2D eigenvalue weighted by atomic mass is 10.0. The van der Waals surface area contributed by atoms with Crippen molar-refractivity contribution >= 4 is 5.97 Å². The molecular formula is C23H22O2. The second-order valence-corrected chi connectivity index (χ2v) is 6.11. The highest BCUT2D eigenvalue weighted by Crippen LogP contribution is 2.15. The van der Waals surface area contributed by atoms with Crippen molar-refractivity contribution in [1.82, 2.24) is 0 Å². The van der Waals surface area contributed by atoms with Crippen molar-refractivity contribution in [2.24, 2.45) is 0 Å². The number of benzene rings is 3. The molecule has 0 bridgehead atoms. The topological polar surface area (TPSA) is 26.3 Å². The smallest absolute Gasteiger partial charge is 0.338 e. The van der Waals surface area contributed by atoms with Crippen molar-refractivity contribution in [3.63, 3.8) is 0 Å². The largest absolute Gasteiger partial charge is 0.458 e. The number of esters is 1. The van der Waals surface area contributed by atoms with Gasteiger partial charge in [-0.1, -0.05) is 78.9 Å². The highest BCUT2D eigenvalue weighted by Gasteiger charge is 2.16. The summed E-state index contributed by atoms with van der Waals surface area (Å²) in [5.41, 5.74) is 3.04. The Bertz CT molecular complexity index is 767. The molecule has 1 atom stereocenters. The van der Waals surface area contributed by atoms with Crippen molar-refractivity contribution in [3.05, 3.63) is 108 Å². The summed E-state index contributed by atoms with van der Waals surface area (Å²) < 4.78 is 5.82. The van der Waals surface area contributed by atoms with Gasteiger partial charge in [0, 0.05) is 6.42 Å². The van der Waals surface area contributed by atoms with E-state index in [-0.39, 0.29) is 12.1 Å². The van der Waals surface area contributed by atoms with Crippen LogP contribution in [0.4, 0.5) is 0 Å². The van der Waals surface area contributed by atoms with Gasteiger partial charge in [-0.25, -0.2) is 4.79 Å². The third kappa shape index (κ3) is 5.32. The quantitative estimate of drug-likeness (QED) is 0.564. The lowest BCUT2D eigenvalue weighted by molar-refractivity contribution is 0.0284. The van der Waals surface area contributed by atoms with E-state index in [4.69, 9.17) is 4.74 Å². The number of rotatable bonds is 7. The molecule has 2 nitrogen and oxygen atoms in total. The first-order chi connectivity index (χ1) is 12.3. The average molecular weight is 330 g/mol. The predicted molar refractivity (Wildman–Crippen MR) is 101 cm³/mol. The summed E-state index contributed by atoms with van der Waals surface area (Å²) in [5, 5.41) is 0. The second-order valence-electron chi connectivity index (χ2n) is 6.11. The molecule has 25 heavy (non-hydrogen) atoms. The van der Waals surface area contributed by atoms with Crippen molar-refractivity contribution in [2.45, 2.75) is 25.4 Å². The molecule has 2 heteroatoms. The van der Waals surface area contributed by atoms with E-state index in [0.29, 0.717) is 5.56 Å². The van der Waals surface area contributed by atoms with Crippen LogP contribution in [0.5, 0.6) is 0 Å². The summed E-state index contributed by atoms with van der Waals surface area (Å²) in [7, 11) is 0. The maximum atomic E-state index is 12.4. The fourth-order valence-electron chi connectivity index (χ4n) is 2.85. The van der Waals surface area contributed by atoms with Crippen LogP contribution in [0, 0.1) is 0 Å². The van der Waals surface area contributed by atoms with Gasteiger partial charge in [-0.15, -0.1) is 0 Å². The summed E-state index contributed by atoms with van der Waals surface area (Å²) in [4.78, 5) is 12.4. The number of aryl methyl sites for hydroxylation is 1. The molecule has 0 aliphatic rings. The van der Waals surface area contributed by atoms with E-state index in [1.54, 1.807) is 12.1 Å². The van der Waals surface area contributed by atoms with Crippen LogP contribution in [0.15, 0.2) is 91.0 Å². The van der Waals surface area contributed by atoms with Gasteiger partial charge in [0.15, 0.2) is 0 Å². The summed E-state index contributed by atoms with van der Waals surface area (Å²) in [6.07, 6.45) is 2.28. The van der Waals surface area contributed by atoms with Crippen LogP contribution < -0.4 is 0 Å². The maximum Gasteiger partial charge on any atom is 0.338 e. The number of ether oxygens (including phenoxy) is 1. The lowest BCUT2D eigenvalue weighted by Gasteiger charge is -2.18.